The van der Waals surface area contributed by atoms with Crippen molar-refractivity contribution in [1.82, 2.24) is 4.98 Å². The molecule has 0 unspecified atom stereocenters. The predicted octanol–water partition coefficient (Wildman–Crippen LogP) is 3.03. The molecule has 0 saturated carbocycles. The molecular weight excluding hydrogens is 184 g/mol. The van der Waals surface area contributed by atoms with Crippen molar-refractivity contribution >= 4 is 0 Å². The average Bonchev–Trinajstić information content (AvgIpc) is 2.19. The van der Waals surface area contributed by atoms with Gasteiger partial charge in [-0.15, -0.1) is 0 Å². The highest BCUT2D eigenvalue weighted by Gasteiger charge is 2.00. The van der Waals surface area contributed by atoms with Crippen LogP contribution in [0.25, 0.3) is 11.3 Å². The van der Waals surface area contributed by atoms with E-state index in [1.807, 2.05) is 0 Å². The fourth-order valence-corrected chi connectivity index (χ4v) is 1.18. The van der Waals surface area contributed by atoms with Crippen LogP contribution in [-0.2, 0) is 0 Å². The Morgan fingerprint density at radius 2 is 1.57 bits per heavy atom. The molecule has 1 nitrogen and oxygen atoms in total. The highest BCUT2D eigenvalue weighted by atomic mass is 19.1. The van der Waals surface area contributed by atoms with Gasteiger partial charge in [-0.25, -0.2) is 8.78 Å². The van der Waals surface area contributed by atoms with Gasteiger partial charge in [-0.2, -0.15) is 0 Å². The van der Waals surface area contributed by atoms with Crippen molar-refractivity contribution in [2.24, 2.45) is 0 Å². The number of rotatable bonds is 1. The molecule has 2 rings (SSSR count). The second kappa shape index (κ2) is 3.54. The van der Waals surface area contributed by atoms with Crippen molar-refractivity contribution in [3.63, 3.8) is 0 Å². The molecule has 0 N–H and O–H groups in total. The molecule has 70 valence electrons. The highest BCUT2D eigenvalue weighted by Crippen LogP contribution is 2.17. The minimum absolute atomic E-state index is 0.315. The molecule has 14 heavy (non-hydrogen) atoms. The maximum Gasteiger partial charge on any atom is 0.126 e. The molecule has 1 heterocycles. The van der Waals surface area contributed by atoms with E-state index >= 15 is 0 Å². The summed E-state index contributed by atoms with van der Waals surface area (Å²) in [5.41, 5.74) is 1.20. The lowest BCUT2D eigenvalue weighted by molar-refractivity contribution is 0.626. The number of benzene rings is 1. The molecule has 0 aliphatic carbocycles. The molecule has 0 spiro atoms. The normalized spacial score (nSPS) is 10.1. The molecule has 0 bridgehead atoms. The Bertz CT molecular complexity index is 437. The maximum atomic E-state index is 12.8. The van der Waals surface area contributed by atoms with E-state index in [-0.39, 0.29) is 11.6 Å². The van der Waals surface area contributed by atoms with Gasteiger partial charge in [-0.05, 0) is 30.3 Å². The minimum Gasteiger partial charge on any atom is -0.256 e. The number of hydrogen-bond acceptors (Lipinski definition) is 1. The first-order valence-electron chi connectivity index (χ1n) is 4.13. The van der Waals surface area contributed by atoms with E-state index in [9.17, 15) is 8.78 Å². The van der Waals surface area contributed by atoms with Gasteiger partial charge in [0.1, 0.15) is 11.6 Å². The number of hydrogen-bond donors (Lipinski definition) is 0. The topological polar surface area (TPSA) is 12.9 Å². The van der Waals surface area contributed by atoms with Gasteiger partial charge >= 0.3 is 0 Å². The van der Waals surface area contributed by atoms with Gasteiger partial charge in [0.25, 0.3) is 0 Å². The summed E-state index contributed by atoms with van der Waals surface area (Å²) in [6, 6.07) is 8.36. The second-order valence-electron chi connectivity index (χ2n) is 2.87. The third-order valence-corrected chi connectivity index (χ3v) is 1.86. The van der Waals surface area contributed by atoms with E-state index in [4.69, 9.17) is 0 Å². The molecule has 0 saturated heterocycles. The summed E-state index contributed by atoms with van der Waals surface area (Å²) in [4.78, 5) is 3.98. The van der Waals surface area contributed by atoms with E-state index in [1.165, 1.54) is 30.5 Å². The summed E-state index contributed by atoms with van der Waals surface area (Å²) in [7, 11) is 0. The first-order chi connectivity index (χ1) is 6.75. The summed E-state index contributed by atoms with van der Waals surface area (Å²) >= 11 is 0. The largest absolute Gasteiger partial charge is 0.256 e. The molecule has 1 aromatic heterocycles. The Morgan fingerprint density at radius 1 is 0.857 bits per heavy atom. The SMILES string of the molecule is Fc1ccc(-c2cc(F)ccn2)cc1. The van der Waals surface area contributed by atoms with Crippen LogP contribution in [0.3, 0.4) is 0 Å². The Labute approximate surface area is 80.0 Å². The van der Waals surface area contributed by atoms with E-state index < -0.39 is 0 Å². The number of nitrogens with zero attached hydrogens (tertiary/aromatic N) is 1. The van der Waals surface area contributed by atoms with Crippen molar-refractivity contribution in [2.75, 3.05) is 0 Å². The standard InChI is InChI=1S/C11H7F2N/c12-9-3-1-8(2-4-9)11-7-10(13)5-6-14-11/h1-7H. The zero-order chi connectivity index (χ0) is 9.97. The van der Waals surface area contributed by atoms with Gasteiger partial charge in [0.05, 0.1) is 5.69 Å². The lowest BCUT2D eigenvalue weighted by Gasteiger charge is -1.99. The lowest BCUT2D eigenvalue weighted by Crippen LogP contribution is -1.84. The Morgan fingerprint density at radius 3 is 2.21 bits per heavy atom. The zero-order valence-corrected chi connectivity index (χ0v) is 7.24. The van der Waals surface area contributed by atoms with Crippen LogP contribution >= 0.6 is 0 Å². The van der Waals surface area contributed by atoms with Crippen molar-refractivity contribution in [1.29, 1.82) is 0 Å². The smallest absolute Gasteiger partial charge is 0.126 e. The monoisotopic (exact) mass is 191 g/mol. The van der Waals surface area contributed by atoms with Crippen LogP contribution in [0.5, 0.6) is 0 Å². The number of aromatic nitrogens is 1. The van der Waals surface area contributed by atoms with Gasteiger partial charge in [0, 0.05) is 17.8 Å². The van der Waals surface area contributed by atoms with Gasteiger partial charge in [-0.1, -0.05) is 0 Å². The molecule has 0 fully saturated rings. The van der Waals surface area contributed by atoms with E-state index in [0.717, 1.165) is 0 Å². The Balaban J connectivity index is 2.44. The minimum atomic E-state index is -0.348. The van der Waals surface area contributed by atoms with Crippen molar-refractivity contribution in [2.45, 2.75) is 0 Å². The fraction of sp³-hybridized carbons (Fsp3) is 0. The summed E-state index contributed by atoms with van der Waals surface area (Å²) in [5.74, 6) is -0.663. The third kappa shape index (κ3) is 1.76. The molecule has 0 atom stereocenters. The number of pyridine rings is 1. The summed E-state index contributed by atoms with van der Waals surface area (Å²) < 4.78 is 25.4. The van der Waals surface area contributed by atoms with Gasteiger partial charge in [-0.3, -0.25) is 4.98 Å². The average molecular weight is 191 g/mol. The molecule has 0 aliphatic heterocycles. The molecular formula is C11H7F2N. The van der Waals surface area contributed by atoms with Gasteiger partial charge in [0.2, 0.25) is 0 Å². The molecule has 1 aromatic carbocycles. The summed E-state index contributed by atoms with van der Waals surface area (Å²) in [6.45, 7) is 0. The molecule has 2 aromatic rings. The van der Waals surface area contributed by atoms with Crippen molar-refractivity contribution < 1.29 is 8.78 Å². The first kappa shape index (κ1) is 8.81. The van der Waals surface area contributed by atoms with Gasteiger partial charge < -0.3 is 0 Å². The van der Waals surface area contributed by atoms with Crippen molar-refractivity contribution in [3.8, 4) is 11.3 Å². The maximum absolute atomic E-state index is 12.8. The van der Waals surface area contributed by atoms with Crippen LogP contribution in [0.2, 0.25) is 0 Å². The Kier molecular flexibility index (Phi) is 2.23. The van der Waals surface area contributed by atoms with Crippen LogP contribution in [0, 0.1) is 11.6 Å². The van der Waals surface area contributed by atoms with Gasteiger partial charge in [0.15, 0.2) is 0 Å². The molecule has 0 aliphatic rings. The quantitative estimate of drug-likeness (QED) is 0.675. The van der Waals surface area contributed by atoms with Crippen LogP contribution in [0.15, 0.2) is 42.6 Å². The van der Waals surface area contributed by atoms with Crippen LogP contribution in [0.4, 0.5) is 8.78 Å². The van der Waals surface area contributed by atoms with Crippen LogP contribution < -0.4 is 0 Å². The first-order valence-corrected chi connectivity index (χ1v) is 4.13. The molecule has 3 heteroatoms. The summed E-state index contributed by atoms with van der Waals surface area (Å²) in [6.07, 6.45) is 1.38. The van der Waals surface area contributed by atoms with E-state index in [1.54, 1.807) is 12.1 Å². The third-order valence-electron chi connectivity index (χ3n) is 1.86. The molecule has 0 amide bonds. The number of halogens is 2. The van der Waals surface area contributed by atoms with E-state index in [2.05, 4.69) is 4.98 Å². The van der Waals surface area contributed by atoms with Crippen LogP contribution in [-0.4, -0.2) is 4.98 Å². The summed E-state index contributed by atoms with van der Waals surface area (Å²) in [5, 5.41) is 0. The fourth-order valence-electron chi connectivity index (χ4n) is 1.18. The van der Waals surface area contributed by atoms with Crippen molar-refractivity contribution in [3.05, 3.63) is 54.2 Å². The zero-order valence-electron chi connectivity index (χ0n) is 7.24. The van der Waals surface area contributed by atoms with E-state index in [0.29, 0.717) is 11.3 Å². The lowest BCUT2D eigenvalue weighted by atomic mass is 10.1. The Hall–Kier alpha value is -1.77. The molecule has 0 radical (unpaired) electrons. The predicted molar refractivity (Wildman–Crippen MR) is 49.6 cm³/mol. The van der Waals surface area contributed by atoms with Crippen LogP contribution in [0.1, 0.15) is 0 Å². The second-order valence-corrected chi connectivity index (χ2v) is 2.87. The highest BCUT2D eigenvalue weighted by molar-refractivity contribution is 5.58.